The quantitative estimate of drug-likeness (QED) is 0.598. The smallest absolute Gasteiger partial charge is 0.414 e. The molecule has 1 aromatic rings. The molecule has 0 radical (unpaired) electrons. The van der Waals surface area contributed by atoms with Crippen LogP contribution in [0.1, 0.15) is 84.4 Å². The third-order valence-electron chi connectivity index (χ3n) is 8.11. The zero-order valence-corrected chi connectivity index (χ0v) is 23.4. The number of fused-ring (bicyclic) bond motifs is 3. The molecule has 5 unspecified atom stereocenters. The van der Waals surface area contributed by atoms with Gasteiger partial charge in [0.2, 0.25) is 5.96 Å². The lowest BCUT2D eigenvalue weighted by atomic mass is 9.56. The third-order valence-corrected chi connectivity index (χ3v) is 8.11. The van der Waals surface area contributed by atoms with Crippen LogP contribution in [0.3, 0.4) is 0 Å². The van der Waals surface area contributed by atoms with Crippen molar-refractivity contribution in [3.05, 3.63) is 34.9 Å². The number of hydrogen-bond donors (Lipinski definition) is 2. The predicted octanol–water partition coefficient (Wildman–Crippen LogP) is 4.58. The van der Waals surface area contributed by atoms with E-state index >= 15 is 4.39 Å². The van der Waals surface area contributed by atoms with Gasteiger partial charge in [-0.1, -0.05) is 26.3 Å². The van der Waals surface area contributed by atoms with Crippen LogP contribution in [0, 0.1) is 28.6 Å². The minimum atomic E-state index is -1.78. The average molecular weight is 527 g/mol. The van der Waals surface area contributed by atoms with E-state index in [1.165, 1.54) is 18.7 Å². The van der Waals surface area contributed by atoms with Crippen molar-refractivity contribution in [3.8, 4) is 6.07 Å². The van der Waals surface area contributed by atoms with E-state index in [9.17, 15) is 20.0 Å². The molecule has 1 aromatic carbocycles. The number of ether oxygens (including phenoxy) is 1. The first kappa shape index (κ1) is 28.0. The molecule has 0 aromatic heterocycles. The van der Waals surface area contributed by atoms with Gasteiger partial charge in [0, 0.05) is 5.41 Å². The Morgan fingerprint density at radius 1 is 1.32 bits per heavy atom. The molecule has 1 heterocycles. The standard InChI is InChI=1S/C29H39FN4O4/c1-8-19-13-28(12-17(2)22(19)35)14-20-10-9-18(15-31)11-21(20)29(28)23(36)34(16-27(6,7)30)24(33-29)32-25(37)38-26(3,4)5/h9-11,17,19,22,35H,8,12-14,16H2,1-7H3,(H,32,33,37). The number of alkyl halides is 1. The number of nitrogens with one attached hydrogen (secondary N) is 1. The number of guanidine groups is 1. The van der Waals surface area contributed by atoms with Crippen molar-refractivity contribution in [2.24, 2.45) is 22.2 Å². The monoisotopic (exact) mass is 526 g/mol. The molecule has 206 valence electrons. The van der Waals surface area contributed by atoms with Gasteiger partial charge in [-0.2, -0.15) is 5.26 Å². The second-order valence-corrected chi connectivity index (χ2v) is 12.9. The van der Waals surface area contributed by atoms with Crippen LogP contribution in [0.25, 0.3) is 0 Å². The first-order chi connectivity index (χ1) is 17.6. The van der Waals surface area contributed by atoms with Crippen molar-refractivity contribution in [3.63, 3.8) is 0 Å². The summed E-state index contributed by atoms with van der Waals surface area (Å²) in [5.74, 6) is -0.650. The SMILES string of the molecule is CCC1CC2(Cc3ccc(C#N)cc3C23N=C(NC(=O)OC(C)(C)C)N(CC(C)(C)F)C3=O)CC(C)C1O. The Morgan fingerprint density at radius 3 is 2.58 bits per heavy atom. The molecule has 2 aliphatic carbocycles. The highest BCUT2D eigenvalue weighted by Crippen LogP contribution is 2.64. The van der Waals surface area contributed by atoms with Crippen LogP contribution >= 0.6 is 0 Å². The topological polar surface area (TPSA) is 115 Å². The summed E-state index contributed by atoms with van der Waals surface area (Å²) in [7, 11) is 0. The number of aliphatic hydroxyl groups excluding tert-OH is 1. The van der Waals surface area contributed by atoms with Crippen molar-refractivity contribution >= 4 is 18.0 Å². The zero-order chi connectivity index (χ0) is 28.3. The van der Waals surface area contributed by atoms with Gasteiger partial charge in [0.15, 0.2) is 5.54 Å². The van der Waals surface area contributed by atoms with Crippen LogP contribution in [0.15, 0.2) is 23.2 Å². The summed E-state index contributed by atoms with van der Waals surface area (Å²) in [6.07, 6.45) is 1.01. The molecule has 1 aliphatic heterocycles. The Labute approximate surface area is 224 Å². The Bertz CT molecular complexity index is 1210. The number of aliphatic hydroxyl groups is 1. The van der Waals surface area contributed by atoms with E-state index in [1.54, 1.807) is 32.9 Å². The van der Waals surface area contributed by atoms with E-state index in [1.807, 2.05) is 19.9 Å². The average Bonchev–Trinajstić information content (AvgIpc) is 3.20. The van der Waals surface area contributed by atoms with Gasteiger partial charge >= 0.3 is 6.09 Å². The molecule has 0 bridgehead atoms. The third kappa shape index (κ3) is 4.68. The highest BCUT2D eigenvalue weighted by molar-refractivity contribution is 6.12. The highest BCUT2D eigenvalue weighted by Gasteiger charge is 2.68. The van der Waals surface area contributed by atoms with Crippen molar-refractivity contribution in [1.29, 1.82) is 5.26 Å². The van der Waals surface area contributed by atoms with Gasteiger partial charge in [0.1, 0.15) is 11.3 Å². The lowest BCUT2D eigenvalue weighted by Crippen LogP contribution is -2.56. The second-order valence-electron chi connectivity index (χ2n) is 12.9. The maximum atomic E-state index is 15.1. The molecule has 4 rings (SSSR count). The van der Waals surface area contributed by atoms with Crippen molar-refractivity contribution in [2.75, 3.05) is 6.54 Å². The van der Waals surface area contributed by atoms with Crippen LogP contribution in [-0.4, -0.2) is 51.9 Å². The van der Waals surface area contributed by atoms with Gasteiger partial charge in [-0.25, -0.2) is 14.2 Å². The normalized spacial score (nSPS) is 30.8. The molecule has 5 atom stereocenters. The van der Waals surface area contributed by atoms with Gasteiger partial charge in [-0.15, -0.1) is 0 Å². The van der Waals surface area contributed by atoms with E-state index in [2.05, 4.69) is 11.4 Å². The number of hydrogen-bond acceptors (Lipinski definition) is 6. The number of alkyl carbamates (subject to hydrolysis) is 1. The highest BCUT2D eigenvalue weighted by atomic mass is 19.1. The van der Waals surface area contributed by atoms with E-state index in [-0.39, 0.29) is 24.3 Å². The molecule has 9 heteroatoms. The van der Waals surface area contributed by atoms with E-state index in [0.29, 0.717) is 30.4 Å². The predicted molar refractivity (Wildman–Crippen MR) is 141 cm³/mol. The number of nitriles is 1. The first-order valence-electron chi connectivity index (χ1n) is 13.4. The maximum Gasteiger partial charge on any atom is 0.414 e. The number of halogens is 1. The molecule has 8 nitrogen and oxygen atoms in total. The summed E-state index contributed by atoms with van der Waals surface area (Å²) in [6, 6.07) is 7.47. The number of amides is 2. The van der Waals surface area contributed by atoms with Gasteiger partial charge < -0.3 is 9.84 Å². The molecule has 3 aliphatic rings. The molecule has 38 heavy (non-hydrogen) atoms. The summed E-state index contributed by atoms with van der Waals surface area (Å²) in [5.41, 5.74) is -2.84. The molecule has 1 fully saturated rings. The van der Waals surface area contributed by atoms with Crippen LogP contribution in [-0.2, 0) is 21.5 Å². The van der Waals surface area contributed by atoms with Crippen LogP contribution in [0.5, 0.6) is 0 Å². The second kappa shape index (κ2) is 9.33. The Kier molecular flexibility index (Phi) is 6.89. The largest absolute Gasteiger partial charge is 0.444 e. The summed E-state index contributed by atoms with van der Waals surface area (Å²) in [5, 5.41) is 23.3. The minimum Gasteiger partial charge on any atom is -0.444 e. The van der Waals surface area contributed by atoms with Crippen LogP contribution in [0.4, 0.5) is 9.18 Å². The van der Waals surface area contributed by atoms with Crippen LogP contribution in [0.2, 0.25) is 0 Å². The molecular weight excluding hydrogens is 487 g/mol. The Morgan fingerprint density at radius 2 is 2.00 bits per heavy atom. The maximum absolute atomic E-state index is 15.1. The minimum absolute atomic E-state index is 0.0581. The number of carbonyl (C=O) groups is 2. The number of aliphatic imine (C=N–C) groups is 1. The molecule has 2 N–H and O–H groups in total. The van der Waals surface area contributed by atoms with Crippen molar-refractivity contribution < 1.29 is 23.8 Å². The molecule has 2 amide bonds. The summed E-state index contributed by atoms with van der Waals surface area (Å²) < 4.78 is 20.5. The van der Waals surface area contributed by atoms with Crippen molar-refractivity contribution in [2.45, 2.75) is 97.1 Å². The fourth-order valence-corrected chi connectivity index (χ4v) is 6.74. The molecular formula is C29H39FN4O4. The van der Waals surface area contributed by atoms with Crippen LogP contribution < -0.4 is 5.32 Å². The first-order valence-corrected chi connectivity index (χ1v) is 13.4. The fourth-order valence-electron chi connectivity index (χ4n) is 6.74. The number of benzene rings is 1. The van der Waals surface area contributed by atoms with E-state index in [0.717, 1.165) is 12.0 Å². The van der Waals surface area contributed by atoms with Crippen molar-refractivity contribution in [1.82, 2.24) is 10.2 Å². The number of nitrogens with zero attached hydrogens (tertiary/aromatic N) is 3. The molecule has 2 spiro atoms. The zero-order valence-electron chi connectivity index (χ0n) is 23.4. The summed E-state index contributed by atoms with van der Waals surface area (Å²) >= 11 is 0. The Balaban J connectivity index is 1.93. The van der Waals surface area contributed by atoms with E-state index in [4.69, 9.17) is 9.73 Å². The lowest BCUT2D eigenvalue weighted by molar-refractivity contribution is -0.142. The van der Waals surface area contributed by atoms with E-state index < -0.39 is 40.3 Å². The summed E-state index contributed by atoms with van der Waals surface area (Å²) in [4.78, 5) is 33.6. The molecule has 1 saturated carbocycles. The van der Waals surface area contributed by atoms with Gasteiger partial charge in [-0.3, -0.25) is 15.0 Å². The van der Waals surface area contributed by atoms with Gasteiger partial charge in [0.25, 0.3) is 5.91 Å². The summed E-state index contributed by atoms with van der Waals surface area (Å²) in [6.45, 7) is 11.6. The van der Waals surface area contributed by atoms with Gasteiger partial charge in [0.05, 0.1) is 24.3 Å². The van der Waals surface area contributed by atoms with Gasteiger partial charge in [-0.05, 0) is 89.0 Å². The number of carbonyl (C=O) groups excluding carboxylic acids is 2. The lowest BCUT2D eigenvalue weighted by Gasteiger charge is -2.50. The molecule has 0 saturated heterocycles. The number of rotatable bonds is 3. The Hall–Kier alpha value is -2.99. The fraction of sp³-hybridized carbons (Fsp3) is 0.655.